The van der Waals surface area contributed by atoms with Gasteiger partial charge in [0.2, 0.25) is 5.88 Å². The van der Waals surface area contributed by atoms with E-state index in [0.717, 1.165) is 24.9 Å². The molecule has 1 atom stereocenters. The standard InChI is InChI=1S/C40H43F3N8O4/c1-22-27(6-5-9-30(22)46-37-35-31(47-38(49-37)36(42)43)16-23(17-45-35)19-51-15-14-26(52)20-51)28-7-4-8-29(34(28)41)32-18-44-33(39(48-32)55-3)21-50(2)25-12-10-24(11-13-25)40(53)54/h4-9,16-18,24-26,36,52H,10-15,19-21H2,1-3H3,(H,53,54)(H,46,47,49)/t24?,25?,26-/m1/s1. The molecular formula is C40H43F3N8O4. The number of nitrogens with one attached hydrogen (secondary N) is 1. The molecule has 7 rings (SSSR count). The third kappa shape index (κ3) is 8.23. The van der Waals surface area contributed by atoms with E-state index in [2.05, 4.69) is 40.0 Å². The van der Waals surface area contributed by atoms with Gasteiger partial charge in [0.15, 0.2) is 11.6 Å². The number of halogens is 3. The maximum atomic E-state index is 16.5. The van der Waals surface area contributed by atoms with Gasteiger partial charge in [-0.2, -0.15) is 0 Å². The second-order valence-electron chi connectivity index (χ2n) is 14.4. The van der Waals surface area contributed by atoms with Gasteiger partial charge in [0.05, 0.1) is 36.5 Å². The maximum Gasteiger partial charge on any atom is 0.306 e. The van der Waals surface area contributed by atoms with Crippen LogP contribution in [0, 0.1) is 18.7 Å². The van der Waals surface area contributed by atoms with Gasteiger partial charge in [-0.15, -0.1) is 0 Å². The van der Waals surface area contributed by atoms with Gasteiger partial charge in [-0.25, -0.2) is 28.1 Å². The second kappa shape index (κ2) is 16.2. The molecule has 0 unspecified atom stereocenters. The van der Waals surface area contributed by atoms with Crippen LogP contribution < -0.4 is 10.1 Å². The first-order valence-electron chi connectivity index (χ1n) is 18.3. The van der Waals surface area contributed by atoms with Crippen molar-refractivity contribution in [1.82, 2.24) is 34.7 Å². The number of ether oxygens (including phenoxy) is 1. The number of pyridine rings is 1. The molecule has 0 spiro atoms. The molecule has 288 valence electrons. The average molecular weight is 757 g/mol. The zero-order valence-electron chi connectivity index (χ0n) is 30.8. The summed E-state index contributed by atoms with van der Waals surface area (Å²) in [5.41, 5.74) is 4.47. The van der Waals surface area contributed by atoms with E-state index >= 15 is 4.39 Å². The molecule has 12 nitrogen and oxygen atoms in total. The van der Waals surface area contributed by atoms with Crippen LogP contribution in [0.25, 0.3) is 33.4 Å². The first kappa shape index (κ1) is 38.0. The fourth-order valence-electron chi connectivity index (χ4n) is 7.62. The van der Waals surface area contributed by atoms with Gasteiger partial charge < -0.3 is 20.3 Å². The number of carbonyl (C=O) groups is 1. The van der Waals surface area contributed by atoms with E-state index in [1.165, 1.54) is 13.3 Å². The van der Waals surface area contributed by atoms with Crippen molar-refractivity contribution >= 4 is 28.5 Å². The normalized spacial score (nSPS) is 19.0. The number of anilines is 2. The molecule has 2 fully saturated rings. The lowest BCUT2D eigenvalue weighted by molar-refractivity contribution is -0.143. The molecule has 15 heteroatoms. The van der Waals surface area contributed by atoms with Crippen LogP contribution in [0.5, 0.6) is 5.88 Å². The molecule has 1 saturated carbocycles. The summed E-state index contributed by atoms with van der Waals surface area (Å²) in [4.78, 5) is 37.6. The van der Waals surface area contributed by atoms with Gasteiger partial charge in [-0.1, -0.05) is 24.3 Å². The average Bonchev–Trinajstić information content (AvgIpc) is 3.59. The first-order valence-corrected chi connectivity index (χ1v) is 18.3. The molecule has 3 N–H and O–H groups in total. The number of aliphatic carboxylic acids is 1. The number of nitrogens with zero attached hydrogens (tertiary/aromatic N) is 7. The van der Waals surface area contributed by atoms with E-state index in [1.807, 2.05) is 7.05 Å². The van der Waals surface area contributed by atoms with E-state index in [0.29, 0.717) is 72.5 Å². The second-order valence-corrected chi connectivity index (χ2v) is 14.4. The number of likely N-dealkylation sites (tertiary alicyclic amines) is 1. The number of hydrogen-bond donors (Lipinski definition) is 3. The van der Waals surface area contributed by atoms with Crippen molar-refractivity contribution in [1.29, 1.82) is 0 Å². The first-order chi connectivity index (χ1) is 26.5. The minimum atomic E-state index is -2.92. The topological polar surface area (TPSA) is 150 Å². The Morgan fingerprint density at radius 2 is 1.76 bits per heavy atom. The smallest absolute Gasteiger partial charge is 0.306 e. The molecule has 0 bridgehead atoms. The molecule has 1 aliphatic heterocycles. The van der Waals surface area contributed by atoms with Crippen molar-refractivity contribution in [2.45, 2.75) is 70.7 Å². The molecule has 3 aromatic heterocycles. The van der Waals surface area contributed by atoms with Crippen LogP contribution in [0.15, 0.2) is 54.9 Å². The lowest BCUT2D eigenvalue weighted by Gasteiger charge is -2.33. The summed E-state index contributed by atoms with van der Waals surface area (Å²) in [7, 11) is 3.46. The molecule has 5 aromatic rings. The van der Waals surface area contributed by atoms with Crippen molar-refractivity contribution < 1.29 is 32.9 Å². The molecule has 0 amide bonds. The number of carboxylic acids is 1. The zero-order valence-corrected chi connectivity index (χ0v) is 30.8. The number of carboxylic acid groups (broad SMARTS) is 1. The molecule has 4 heterocycles. The van der Waals surface area contributed by atoms with Crippen molar-refractivity contribution in [3.8, 4) is 28.3 Å². The van der Waals surface area contributed by atoms with Crippen molar-refractivity contribution in [2.75, 3.05) is 32.6 Å². The third-order valence-corrected chi connectivity index (χ3v) is 10.7. The van der Waals surface area contributed by atoms with Gasteiger partial charge in [-0.05, 0) is 81.0 Å². The summed E-state index contributed by atoms with van der Waals surface area (Å²) in [6.45, 7) is 3.99. The number of aliphatic hydroxyl groups excluding tert-OH is 1. The summed E-state index contributed by atoms with van der Waals surface area (Å²) in [5.74, 6) is -1.85. The zero-order chi connectivity index (χ0) is 38.8. The van der Waals surface area contributed by atoms with Crippen LogP contribution in [0.4, 0.5) is 24.7 Å². The van der Waals surface area contributed by atoms with Crippen molar-refractivity contribution in [3.63, 3.8) is 0 Å². The lowest BCUT2D eigenvalue weighted by atomic mass is 9.85. The molecule has 1 saturated heterocycles. The number of alkyl halides is 2. The highest BCUT2D eigenvalue weighted by atomic mass is 19.3. The Bertz CT molecular complexity index is 2200. The Hall–Kier alpha value is -5.25. The SMILES string of the molecule is COc1nc(-c2cccc(-c3cccc(Nc4nc(C(F)F)nc5cc(CN6CC[C@@H](O)C6)cnc45)c3C)c2F)cnc1CN(C)C1CCC(C(=O)O)CC1. The molecule has 2 aromatic carbocycles. The Labute approximate surface area is 316 Å². The lowest BCUT2D eigenvalue weighted by Crippen LogP contribution is -2.36. The van der Waals surface area contributed by atoms with Crippen LogP contribution in [0.3, 0.4) is 0 Å². The Balaban J connectivity index is 1.14. The van der Waals surface area contributed by atoms with E-state index in [9.17, 15) is 23.8 Å². The molecule has 0 radical (unpaired) electrons. The van der Waals surface area contributed by atoms with Crippen molar-refractivity contribution in [3.05, 3.63) is 83.3 Å². The number of benzene rings is 2. The van der Waals surface area contributed by atoms with Crippen LogP contribution in [0.1, 0.15) is 61.2 Å². The number of hydrogen-bond acceptors (Lipinski definition) is 11. The van der Waals surface area contributed by atoms with Crippen LogP contribution in [0.2, 0.25) is 0 Å². The van der Waals surface area contributed by atoms with E-state index in [1.54, 1.807) is 55.6 Å². The highest BCUT2D eigenvalue weighted by Gasteiger charge is 2.29. The van der Waals surface area contributed by atoms with Gasteiger partial charge in [0.25, 0.3) is 6.43 Å². The Morgan fingerprint density at radius 3 is 2.47 bits per heavy atom. The summed E-state index contributed by atoms with van der Waals surface area (Å²) < 4.78 is 50.1. The van der Waals surface area contributed by atoms with E-state index in [4.69, 9.17) is 4.74 Å². The third-order valence-electron chi connectivity index (χ3n) is 10.7. The van der Waals surface area contributed by atoms with E-state index in [-0.39, 0.29) is 46.5 Å². The summed E-state index contributed by atoms with van der Waals surface area (Å²) >= 11 is 0. The van der Waals surface area contributed by atoms with Crippen LogP contribution in [-0.4, -0.2) is 90.3 Å². The van der Waals surface area contributed by atoms with Gasteiger partial charge in [0.1, 0.15) is 17.0 Å². The predicted octanol–water partition coefficient (Wildman–Crippen LogP) is 6.93. The maximum absolute atomic E-state index is 16.5. The number of aliphatic hydroxyl groups is 1. The van der Waals surface area contributed by atoms with E-state index < -0.39 is 24.0 Å². The Kier molecular flexibility index (Phi) is 11.2. The minimum Gasteiger partial charge on any atom is -0.481 e. The molecule has 1 aliphatic carbocycles. The van der Waals surface area contributed by atoms with Gasteiger partial charge in [-0.3, -0.25) is 24.6 Å². The number of rotatable bonds is 12. The van der Waals surface area contributed by atoms with Crippen LogP contribution in [-0.2, 0) is 17.9 Å². The van der Waals surface area contributed by atoms with Crippen LogP contribution >= 0.6 is 0 Å². The summed E-state index contributed by atoms with van der Waals surface area (Å²) in [6, 6.07) is 12.2. The summed E-state index contributed by atoms with van der Waals surface area (Å²) in [5, 5.41) is 22.4. The fraction of sp³-hybridized carbons (Fsp3) is 0.400. The summed E-state index contributed by atoms with van der Waals surface area (Å²) in [6.07, 6.45) is 3.34. The number of aromatic nitrogens is 5. The largest absolute Gasteiger partial charge is 0.481 e. The van der Waals surface area contributed by atoms with Gasteiger partial charge >= 0.3 is 5.97 Å². The minimum absolute atomic E-state index is 0.0963. The Morgan fingerprint density at radius 1 is 1.02 bits per heavy atom. The predicted molar refractivity (Wildman–Crippen MR) is 200 cm³/mol. The molecular weight excluding hydrogens is 713 g/mol. The van der Waals surface area contributed by atoms with Crippen molar-refractivity contribution in [2.24, 2.45) is 5.92 Å². The highest BCUT2D eigenvalue weighted by Crippen LogP contribution is 2.37. The number of methoxy groups -OCH3 is 1. The molecule has 2 aliphatic rings. The molecule has 55 heavy (non-hydrogen) atoms. The fourth-order valence-corrected chi connectivity index (χ4v) is 7.62. The highest BCUT2D eigenvalue weighted by molar-refractivity contribution is 5.89. The number of β-amino-alcohol motifs (C(OH)–C–C–N with tert-alkyl or cyclic N) is 1. The van der Waals surface area contributed by atoms with Gasteiger partial charge in [0, 0.05) is 55.2 Å². The quantitative estimate of drug-likeness (QED) is 0.121. The number of fused-ring (bicyclic) bond motifs is 1. The monoisotopic (exact) mass is 756 g/mol.